The van der Waals surface area contributed by atoms with E-state index < -0.39 is 0 Å². The number of allylic oxidation sites excluding steroid dienone is 2. The van der Waals surface area contributed by atoms with Crippen LogP contribution in [-0.2, 0) is 15.3 Å². The summed E-state index contributed by atoms with van der Waals surface area (Å²) in [5.74, 6) is 1.38. The molecule has 6 nitrogen and oxygen atoms in total. The quantitative estimate of drug-likeness (QED) is 0.150. The molecule has 3 aromatic rings. The number of nitrogens with zero attached hydrogens (tertiary/aromatic N) is 1. The number of carbonyl (C=O) groups is 2. The van der Waals surface area contributed by atoms with Crippen LogP contribution in [0.25, 0.3) is 0 Å². The molecule has 7 heteroatoms. The maximum Gasteiger partial charge on any atom is 0.337 e. The van der Waals surface area contributed by atoms with E-state index in [0.717, 1.165) is 34.7 Å². The van der Waals surface area contributed by atoms with Crippen molar-refractivity contribution in [1.82, 2.24) is 5.43 Å². The minimum atomic E-state index is -0.328. The number of hydrogen-bond acceptors (Lipinski definition) is 6. The van der Waals surface area contributed by atoms with Crippen LogP contribution in [0.4, 0.5) is 5.69 Å². The highest BCUT2D eigenvalue weighted by Gasteiger charge is 2.38. The number of hydrogen-bond donors (Lipinski definition) is 2. The second-order valence-corrected chi connectivity index (χ2v) is 11.0. The number of benzene rings is 3. The molecule has 0 saturated heterocycles. The normalized spacial score (nSPS) is 19.6. The van der Waals surface area contributed by atoms with Gasteiger partial charge in [-0.3, -0.25) is 4.79 Å². The molecule has 0 unspecified atom stereocenters. The summed E-state index contributed by atoms with van der Waals surface area (Å²) in [6.45, 7) is 4.01. The van der Waals surface area contributed by atoms with Gasteiger partial charge in [0.25, 0.3) is 0 Å². The van der Waals surface area contributed by atoms with Gasteiger partial charge >= 0.3 is 5.97 Å². The molecule has 0 radical (unpaired) electrons. The number of fused-ring (bicyclic) bond motifs is 3. The Kier molecular flexibility index (Phi) is 8.17. The third-order valence-corrected chi connectivity index (χ3v) is 8.55. The minimum Gasteiger partial charge on any atom is -0.465 e. The first kappa shape index (κ1) is 26.8. The summed E-state index contributed by atoms with van der Waals surface area (Å²) in [4.78, 5) is 24.2. The summed E-state index contributed by atoms with van der Waals surface area (Å²) in [6.07, 6.45) is 5.53. The van der Waals surface area contributed by atoms with Crippen molar-refractivity contribution < 1.29 is 14.3 Å². The first-order chi connectivity index (χ1) is 18.9. The lowest BCUT2D eigenvalue weighted by Crippen LogP contribution is -2.29. The summed E-state index contributed by atoms with van der Waals surface area (Å²) < 4.78 is 4.84. The Morgan fingerprint density at radius 3 is 2.62 bits per heavy atom. The number of amides is 1. The zero-order chi connectivity index (χ0) is 27.4. The molecule has 39 heavy (non-hydrogen) atoms. The maximum absolute atomic E-state index is 12.4. The number of nitrogens with one attached hydrogen (secondary N) is 2. The number of carbonyl (C=O) groups excluding carboxylic acids is 2. The largest absolute Gasteiger partial charge is 0.465 e. The summed E-state index contributed by atoms with van der Waals surface area (Å²) in [5.41, 5.74) is 11.0. The first-order valence-corrected chi connectivity index (χ1v) is 14.3. The summed E-state index contributed by atoms with van der Waals surface area (Å²) >= 11 is 1.59. The minimum absolute atomic E-state index is 0.104. The average molecular weight is 540 g/mol. The fourth-order valence-corrected chi connectivity index (χ4v) is 6.26. The summed E-state index contributed by atoms with van der Waals surface area (Å²) in [5, 5.41) is 8.13. The number of ether oxygens (including phenoxy) is 1. The van der Waals surface area contributed by atoms with Crippen molar-refractivity contribution in [1.29, 1.82) is 0 Å². The number of hydrazone groups is 1. The Balaban J connectivity index is 1.25. The lowest BCUT2D eigenvalue weighted by molar-refractivity contribution is -0.118. The molecular weight excluding hydrogens is 506 g/mol. The molecule has 0 bridgehead atoms. The molecule has 2 N–H and O–H groups in total. The van der Waals surface area contributed by atoms with Crippen LogP contribution < -0.4 is 10.7 Å². The van der Waals surface area contributed by atoms with Gasteiger partial charge in [0.2, 0.25) is 5.91 Å². The number of rotatable bonds is 8. The van der Waals surface area contributed by atoms with Crippen molar-refractivity contribution in [2.45, 2.75) is 38.0 Å². The van der Waals surface area contributed by atoms with Crippen LogP contribution in [0.15, 0.2) is 84.0 Å². The van der Waals surface area contributed by atoms with Gasteiger partial charge in [0, 0.05) is 17.4 Å². The van der Waals surface area contributed by atoms with E-state index in [-0.39, 0.29) is 23.8 Å². The lowest BCUT2D eigenvalue weighted by Gasteiger charge is -2.37. The van der Waals surface area contributed by atoms with E-state index >= 15 is 0 Å². The van der Waals surface area contributed by atoms with E-state index in [9.17, 15) is 9.59 Å². The van der Waals surface area contributed by atoms with Crippen molar-refractivity contribution in [3.8, 4) is 0 Å². The van der Waals surface area contributed by atoms with E-state index in [4.69, 9.17) is 4.74 Å². The number of aryl methyl sites for hydroxylation is 1. The van der Waals surface area contributed by atoms with E-state index in [1.54, 1.807) is 11.8 Å². The van der Waals surface area contributed by atoms with Gasteiger partial charge in [-0.25, -0.2) is 10.2 Å². The highest BCUT2D eigenvalue weighted by molar-refractivity contribution is 7.99. The van der Waals surface area contributed by atoms with Gasteiger partial charge in [-0.1, -0.05) is 54.6 Å². The Morgan fingerprint density at radius 1 is 1.08 bits per heavy atom. The van der Waals surface area contributed by atoms with Crippen molar-refractivity contribution in [3.63, 3.8) is 0 Å². The molecule has 0 aromatic heterocycles. The average Bonchev–Trinajstić information content (AvgIpc) is 3.46. The topological polar surface area (TPSA) is 79.8 Å². The van der Waals surface area contributed by atoms with Crippen molar-refractivity contribution in [3.05, 3.63) is 112 Å². The molecule has 3 aromatic carbocycles. The molecule has 1 amide bonds. The second-order valence-electron chi connectivity index (χ2n) is 10.0. The van der Waals surface area contributed by atoms with E-state index in [1.165, 1.54) is 23.8 Å². The third kappa shape index (κ3) is 5.93. The zero-order valence-corrected chi connectivity index (χ0v) is 23.3. The summed E-state index contributed by atoms with van der Waals surface area (Å²) in [6, 6.07) is 22.4. The Bertz CT molecular complexity index is 1430. The standard InChI is InChI=1S/C32H33N3O3S/c1-20-7-4-5-8-25(20)18-39-19-30(36)35-34-21(2)24-15-16-29-28(17-24)26-9-6-10-27(26)31(33-29)22-11-13-23(14-12-22)32(37)38-3/h4-9,11-17,26-27,31,33H,10,18-19H2,1-3H3,(H,35,36)/b34-21-/t26-,27+,31+/m1/s1. The third-order valence-electron chi connectivity index (χ3n) is 7.57. The van der Waals surface area contributed by atoms with E-state index in [1.807, 2.05) is 49.4 Å². The highest BCUT2D eigenvalue weighted by Crippen LogP contribution is 2.50. The predicted molar refractivity (Wildman–Crippen MR) is 158 cm³/mol. The molecule has 1 aliphatic heterocycles. The molecule has 200 valence electrons. The SMILES string of the molecule is COC(=O)c1ccc([C@@H]2Nc3ccc(/C(C)=N\NC(=O)CSCc4ccccc4C)cc3[C@@H]3C=CC[C@@H]32)cc1. The molecule has 5 rings (SSSR count). The van der Waals surface area contributed by atoms with Gasteiger partial charge in [0.15, 0.2) is 0 Å². The van der Waals surface area contributed by atoms with Crippen LogP contribution in [0, 0.1) is 12.8 Å². The van der Waals surface area contributed by atoms with Crippen LogP contribution >= 0.6 is 11.8 Å². The molecule has 1 heterocycles. The van der Waals surface area contributed by atoms with Crippen LogP contribution in [-0.4, -0.2) is 30.5 Å². The van der Waals surface area contributed by atoms with Crippen molar-refractivity contribution >= 4 is 35.0 Å². The molecule has 3 atom stereocenters. The summed E-state index contributed by atoms with van der Waals surface area (Å²) in [7, 11) is 1.40. The van der Waals surface area contributed by atoms with Crippen LogP contribution in [0.5, 0.6) is 0 Å². The zero-order valence-electron chi connectivity index (χ0n) is 22.4. The van der Waals surface area contributed by atoms with Crippen molar-refractivity contribution in [2.75, 3.05) is 18.2 Å². The fourth-order valence-electron chi connectivity index (χ4n) is 5.36. The first-order valence-electron chi connectivity index (χ1n) is 13.2. The van der Waals surface area contributed by atoms with Crippen molar-refractivity contribution in [2.24, 2.45) is 11.0 Å². The van der Waals surface area contributed by atoms with E-state index in [2.05, 4.69) is 59.2 Å². The molecular formula is C32H33N3O3S. The number of methoxy groups -OCH3 is 1. The van der Waals surface area contributed by atoms with Crippen LogP contribution in [0.1, 0.15) is 63.5 Å². The van der Waals surface area contributed by atoms with Gasteiger partial charge < -0.3 is 10.1 Å². The Hall–Kier alpha value is -3.84. The molecule has 1 aliphatic carbocycles. The maximum atomic E-state index is 12.4. The van der Waals surface area contributed by atoms with Gasteiger partial charge in [-0.2, -0.15) is 5.10 Å². The van der Waals surface area contributed by atoms with Gasteiger partial charge in [-0.05, 0) is 78.3 Å². The Labute approximate surface area is 233 Å². The van der Waals surface area contributed by atoms with Gasteiger partial charge in [-0.15, -0.1) is 11.8 Å². The molecule has 0 saturated carbocycles. The van der Waals surface area contributed by atoms with Gasteiger partial charge in [0.05, 0.1) is 30.2 Å². The van der Waals surface area contributed by atoms with Crippen LogP contribution in [0.2, 0.25) is 0 Å². The predicted octanol–water partition coefficient (Wildman–Crippen LogP) is 6.38. The lowest BCUT2D eigenvalue weighted by atomic mass is 9.76. The number of thioether (sulfide) groups is 1. The second kappa shape index (κ2) is 11.9. The smallest absolute Gasteiger partial charge is 0.337 e. The van der Waals surface area contributed by atoms with E-state index in [0.29, 0.717) is 17.2 Å². The number of anilines is 1. The highest BCUT2D eigenvalue weighted by atomic mass is 32.2. The number of esters is 1. The molecule has 0 fully saturated rings. The molecule has 2 aliphatic rings. The molecule has 0 spiro atoms. The monoisotopic (exact) mass is 539 g/mol. The van der Waals surface area contributed by atoms with Crippen LogP contribution in [0.3, 0.4) is 0 Å². The Morgan fingerprint density at radius 2 is 1.85 bits per heavy atom. The van der Waals surface area contributed by atoms with Gasteiger partial charge in [0.1, 0.15) is 0 Å². The fraction of sp³-hybridized carbons (Fsp3) is 0.281.